The van der Waals surface area contributed by atoms with Crippen LogP contribution < -0.4 is 16.0 Å². The average Bonchev–Trinajstić information content (AvgIpc) is 2.99. The number of amides is 3. The minimum Gasteiger partial charge on any atom is -0.344 e. The normalized spacial score (nSPS) is 13.8. The fourth-order valence-corrected chi connectivity index (χ4v) is 4.76. The second-order valence-electron chi connectivity index (χ2n) is 10.6. The number of halogens is 6. The number of benzene rings is 3. The van der Waals surface area contributed by atoms with E-state index in [1.807, 2.05) is 18.2 Å². The summed E-state index contributed by atoms with van der Waals surface area (Å²) in [5.41, 5.74) is 1.76. The molecule has 3 aromatic rings. The molecule has 13 heteroatoms. The van der Waals surface area contributed by atoms with Crippen LogP contribution in [0, 0.1) is 5.92 Å². The van der Waals surface area contributed by atoms with Crippen LogP contribution in [0.1, 0.15) is 48.9 Å². The Morgan fingerprint density at radius 1 is 0.756 bits per heavy atom. The molecule has 0 aromatic heterocycles. The molecule has 3 amide bonds. The number of alkyl halides is 5. The first-order valence-electron chi connectivity index (χ1n) is 13.8. The molecule has 3 aromatic carbocycles. The lowest BCUT2D eigenvalue weighted by molar-refractivity contribution is -0.165. The van der Waals surface area contributed by atoms with Gasteiger partial charge in [-0.1, -0.05) is 98.2 Å². The lowest BCUT2D eigenvalue weighted by atomic mass is 9.88. The van der Waals surface area contributed by atoms with Gasteiger partial charge in [0.1, 0.15) is 12.6 Å². The lowest BCUT2D eigenvalue weighted by Crippen LogP contribution is -2.58. The molecule has 0 bridgehead atoms. The van der Waals surface area contributed by atoms with Crippen molar-refractivity contribution in [2.45, 2.75) is 50.4 Å². The zero-order chi connectivity index (χ0) is 33.4. The van der Waals surface area contributed by atoms with Crippen LogP contribution in [0.3, 0.4) is 0 Å². The Bertz CT molecular complexity index is 1490. The number of hydrogen-bond acceptors (Lipinski definition) is 4. The van der Waals surface area contributed by atoms with Crippen LogP contribution in [0.15, 0.2) is 84.9 Å². The van der Waals surface area contributed by atoms with E-state index in [2.05, 4.69) is 10.6 Å². The van der Waals surface area contributed by atoms with Crippen LogP contribution in [0.4, 0.5) is 22.0 Å². The van der Waals surface area contributed by atoms with Gasteiger partial charge in [-0.2, -0.15) is 22.0 Å². The van der Waals surface area contributed by atoms with Crippen molar-refractivity contribution in [2.24, 2.45) is 5.92 Å². The molecule has 0 aliphatic heterocycles. The second kappa shape index (κ2) is 15.1. The predicted molar refractivity (Wildman–Crippen MR) is 157 cm³/mol. The van der Waals surface area contributed by atoms with E-state index in [0.29, 0.717) is 5.02 Å². The molecule has 3 rings (SSSR count). The van der Waals surface area contributed by atoms with Crippen molar-refractivity contribution >= 4 is 35.1 Å². The first-order valence-corrected chi connectivity index (χ1v) is 14.2. The van der Waals surface area contributed by atoms with E-state index < -0.39 is 66.1 Å². The van der Waals surface area contributed by atoms with Gasteiger partial charge in [0.05, 0.1) is 6.04 Å². The average molecular weight is 652 g/mol. The van der Waals surface area contributed by atoms with Gasteiger partial charge in [0.2, 0.25) is 17.6 Å². The number of carbonyl (C=O) groups excluding carboxylic acids is 4. The van der Waals surface area contributed by atoms with Crippen LogP contribution in [-0.4, -0.2) is 48.2 Å². The number of nitrogens with one attached hydrogen (secondary N) is 3. The van der Waals surface area contributed by atoms with E-state index in [9.17, 15) is 41.1 Å². The molecule has 240 valence electrons. The van der Waals surface area contributed by atoms with Crippen LogP contribution in [0.5, 0.6) is 0 Å². The van der Waals surface area contributed by atoms with Crippen LogP contribution >= 0.6 is 11.6 Å². The van der Waals surface area contributed by atoms with Crippen LogP contribution in [0.2, 0.25) is 5.02 Å². The molecule has 2 unspecified atom stereocenters. The molecule has 45 heavy (non-hydrogen) atoms. The quantitative estimate of drug-likeness (QED) is 0.162. The first kappa shape index (κ1) is 35.2. The minimum absolute atomic E-state index is 0.148. The highest BCUT2D eigenvalue weighted by Gasteiger charge is 2.52. The van der Waals surface area contributed by atoms with Crippen LogP contribution in [-0.2, 0) is 19.2 Å². The maximum atomic E-state index is 14.7. The molecule has 7 nitrogen and oxygen atoms in total. The minimum atomic E-state index is -4.99. The molecule has 0 radical (unpaired) electrons. The topological polar surface area (TPSA) is 104 Å². The smallest absolute Gasteiger partial charge is 0.344 e. The highest BCUT2D eigenvalue weighted by Crippen LogP contribution is 2.30. The van der Waals surface area contributed by atoms with Crippen molar-refractivity contribution in [1.82, 2.24) is 16.0 Å². The van der Waals surface area contributed by atoms with Gasteiger partial charge < -0.3 is 16.0 Å². The standard InChI is InChI=1S/C32H31ClF5N3O4/c1-19(2)26(28(43)32(37,38)30(45)39-18-31(34,35)36)41-29(44)27(21-12-7-4-8-13-21)40-25(42)17-24(20-10-5-3-6-11-20)22-14-9-15-23(33)16-22/h3-16,19,24,26-27H,17-18H2,1-2H3,(H,39,45)(H,40,42)(H,41,44)/t24?,26-,27?/m0/s1. The van der Waals surface area contributed by atoms with Crippen LogP contribution in [0.25, 0.3) is 0 Å². The zero-order valence-corrected chi connectivity index (χ0v) is 25.0. The Hall–Kier alpha value is -4.32. The Balaban J connectivity index is 1.86. The SMILES string of the molecule is CC(C)[C@H](NC(=O)C(NC(=O)CC(c1ccccc1)c1cccc(Cl)c1)c1ccccc1)C(=O)C(F)(F)C(=O)NCC(F)(F)F. The van der Waals surface area contributed by atoms with E-state index in [0.717, 1.165) is 16.4 Å². The van der Waals surface area contributed by atoms with E-state index in [1.54, 1.807) is 54.6 Å². The summed E-state index contributed by atoms with van der Waals surface area (Å²) >= 11 is 6.20. The van der Waals surface area contributed by atoms with Gasteiger partial charge in [-0.3, -0.25) is 19.2 Å². The van der Waals surface area contributed by atoms with Crippen molar-refractivity contribution in [2.75, 3.05) is 6.54 Å². The fourth-order valence-electron chi connectivity index (χ4n) is 4.56. The highest BCUT2D eigenvalue weighted by atomic mass is 35.5. The molecule has 0 fully saturated rings. The summed E-state index contributed by atoms with van der Waals surface area (Å²) in [6.45, 7) is 0.533. The summed E-state index contributed by atoms with van der Waals surface area (Å²) in [5.74, 6) is -12.6. The molecular formula is C32H31ClF5N3O4. The van der Waals surface area contributed by atoms with Gasteiger partial charge in [0, 0.05) is 17.4 Å². The van der Waals surface area contributed by atoms with Crippen molar-refractivity contribution in [3.8, 4) is 0 Å². The molecule has 0 spiro atoms. The van der Waals surface area contributed by atoms with Gasteiger partial charge in [-0.05, 0) is 34.7 Å². The van der Waals surface area contributed by atoms with Gasteiger partial charge in [0.15, 0.2) is 0 Å². The monoisotopic (exact) mass is 651 g/mol. The van der Waals surface area contributed by atoms with Gasteiger partial charge in [0.25, 0.3) is 5.91 Å². The Morgan fingerprint density at radius 3 is 1.84 bits per heavy atom. The first-order chi connectivity index (χ1) is 21.1. The number of ketones is 1. The number of rotatable bonds is 13. The van der Waals surface area contributed by atoms with Crippen molar-refractivity contribution in [1.29, 1.82) is 0 Å². The molecule has 3 N–H and O–H groups in total. The maximum Gasteiger partial charge on any atom is 0.405 e. The summed E-state index contributed by atoms with van der Waals surface area (Å²) in [5, 5.41) is 6.24. The molecule has 0 saturated heterocycles. The largest absolute Gasteiger partial charge is 0.405 e. The van der Waals surface area contributed by atoms with Crippen molar-refractivity contribution in [3.63, 3.8) is 0 Å². The third kappa shape index (κ3) is 9.84. The highest BCUT2D eigenvalue weighted by molar-refractivity contribution is 6.30. The predicted octanol–water partition coefficient (Wildman–Crippen LogP) is 5.74. The molecule has 0 aliphatic rings. The van der Waals surface area contributed by atoms with E-state index in [-0.39, 0.29) is 12.0 Å². The van der Waals surface area contributed by atoms with Crippen molar-refractivity contribution < 1.29 is 41.1 Å². The van der Waals surface area contributed by atoms with Crippen molar-refractivity contribution in [3.05, 3.63) is 107 Å². The lowest BCUT2D eigenvalue weighted by Gasteiger charge is -2.28. The Labute approximate surface area is 261 Å². The number of hydrogen-bond donors (Lipinski definition) is 3. The van der Waals surface area contributed by atoms with E-state index in [4.69, 9.17) is 11.6 Å². The Kier molecular flexibility index (Phi) is 11.8. The zero-order valence-electron chi connectivity index (χ0n) is 24.2. The summed E-state index contributed by atoms with van der Waals surface area (Å²) in [6.07, 6.45) is -5.14. The maximum absolute atomic E-state index is 14.7. The third-order valence-electron chi connectivity index (χ3n) is 6.83. The summed E-state index contributed by atoms with van der Waals surface area (Å²) in [7, 11) is 0. The second-order valence-corrected chi connectivity index (χ2v) is 11.0. The fraction of sp³-hybridized carbons (Fsp3) is 0.312. The number of carbonyl (C=O) groups is 4. The summed E-state index contributed by atoms with van der Waals surface area (Å²) in [6, 6.07) is 20.3. The molecule has 0 aliphatic carbocycles. The third-order valence-corrected chi connectivity index (χ3v) is 7.07. The van der Waals surface area contributed by atoms with E-state index in [1.165, 1.54) is 26.0 Å². The molecular weight excluding hydrogens is 621 g/mol. The summed E-state index contributed by atoms with van der Waals surface area (Å²) in [4.78, 5) is 51.6. The van der Waals surface area contributed by atoms with E-state index >= 15 is 0 Å². The molecule has 0 saturated carbocycles. The van der Waals surface area contributed by atoms with Gasteiger partial charge in [-0.15, -0.1) is 0 Å². The van der Waals surface area contributed by atoms with Gasteiger partial charge >= 0.3 is 12.1 Å². The Morgan fingerprint density at radius 2 is 1.31 bits per heavy atom. The molecule has 3 atom stereocenters. The number of Topliss-reactive ketones (excluding diaryl/α,β-unsaturated/α-hetero) is 1. The van der Waals surface area contributed by atoms with Gasteiger partial charge in [-0.25, -0.2) is 0 Å². The summed E-state index contributed by atoms with van der Waals surface area (Å²) < 4.78 is 66.8. The molecule has 0 heterocycles.